The van der Waals surface area contributed by atoms with Crippen LogP contribution in [0.4, 0.5) is 5.88 Å². The summed E-state index contributed by atoms with van der Waals surface area (Å²) in [5, 5.41) is 18.3. The first-order valence-electron chi connectivity index (χ1n) is 6.53. The van der Waals surface area contributed by atoms with Gasteiger partial charge in [-0.25, -0.2) is 9.48 Å². The van der Waals surface area contributed by atoms with Crippen LogP contribution in [-0.2, 0) is 16.1 Å². The lowest BCUT2D eigenvalue weighted by Crippen LogP contribution is -2.27. The highest BCUT2D eigenvalue weighted by atomic mass is 16.6. The van der Waals surface area contributed by atoms with Crippen LogP contribution < -0.4 is 5.69 Å². The fraction of sp³-hybridized carbons (Fsp3) is 0.333. The number of furan rings is 1. The number of nitro groups is 1. The van der Waals surface area contributed by atoms with E-state index in [9.17, 15) is 19.7 Å². The minimum atomic E-state index is -0.688. The number of rotatable bonds is 6. The van der Waals surface area contributed by atoms with Crippen LogP contribution in [0.15, 0.2) is 26.4 Å². The number of carbonyl (C=O) groups is 1. The standard InChI is InChI=1S/C12H13N5O6/c1-3-22-11(18)7-15-12(19)16(8(2)14-15)13-6-9-4-5-10(23-9)17(20)21/h4-6H,3,7H2,1-2H3/b13-6+. The topological polar surface area (TPSA) is 135 Å². The molecular formula is C12H13N5O6. The van der Waals surface area contributed by atoms with Gasteiger partial charge < -0.3 is 9.15 Å². The van der Waals surface area contributed by atoms with Gasteiger partial charge in [0, 0.05) is 0 Å². The van der Waals surface area contributed by atoms with Crippen LogP contribution in [0.3, 0.4) is 0 Å². The van der Waals surface area contributed by atoms with E-state index in [1.807, 2.05) is 0 Å². The van der Waals surface area contributed by atoms with Crippen LogP contribution in [-0.4, -0.2) is 38.2 Å². The van der Waals surface area contributed by atoms with Gasteiger partial charge in [0.05, 0.1) is 18.9 Å². The maximum Gasteiger partial charge on any atom is 0.433 e. The predicted octanol–water partition coefficient (Wildman–Crippen LogP) is 0.300. The van der Waals surface area contributed by atoms with Crippen LogP contribution in [0.2, 0.25) is 0 Å². The summed E-state index contributed by atoms with van der Waals surface area (Å²) in [5.74, 6) is -0.698. The van der Waals surface area contributed by atoms with Crippen molar-refractivity contribution >= 4 is 18.1 Å². The fourth-order valence-corrected chi connectivity index (χ4v) is 1.70. The molecule has 23 heavy (non-hydrogen) atoms. The van der Waals surface area contributed by atoms with Crippen molar-refractivity contribution in [3.05, 3.63) is 44.3 Å². The molecule has 0 radical (unpaired) electrons. The first-order valence-corrected chi connectivity index (χ1v) is 6.53. The molecule has 0 amide bonds. The molecular weight excluding hydrogens is 310 g/mol. The van der Waals surface area contributed by atoms with Crippen molar-refractivity contribution in [2.24, 2.45) is 5.10 Å². The van der Waals surface area contributed by atoms with E-state index in [4.69, 9.17) is 9.15 Å². The maximum absolute atomic E-state index is 12.1. The van der Waals surface area contributed by atoms with Crippen molar-refractivity contribution < 1.29 is 18.9 Å². The Hall–Kier alpha value is -3.24. The average molecular weight is 323 g/mol. The number of hydrogen-bond donors (Lipinski definition) is 0. The van der Waals surface area contributed by atoms with E-state index >= 15 is 0 Å². The molecule has 0 fully saturated rings. The molecule has 0 aliphatic carbocycles. The Labute approximate surface area is 128 Å². The molecule has 11 heteroatoms. The van der Waals surface area contributed by atoms with E-state index in [-0.39, 0.29) is 24.7 Å². The van der Waals surface area contributed by atoms with Crippen LogP contribution in [0.25, 0.3) is 0 Å². The van der Waals surface area contributed by atoms with E-state index in [1.54, 1.807) is 6.92 Å². The molecule has 2 rings (SSSR count). The van der Waals surface area contributed by atoms with E-state index in [0.717, 1.165) is 15.6 Å². The Bertz CT molecular complexity index is 814. The quantitative estimate of drug-likeness (QED) is 0.323. The minimum Gasteiger partial charge on any atom is -0.465 e. The van der Waals surface area contributed by atoms with Crippen LogP contribution in [0, 0.1) is 17.0 Å². The number of hydrogen-bond acceptors (Lipinski definition) is 8. The highest BCUT2D eigenvalue weighted by Crippen LogP contribution is 2.13. The molecule has 0 aliphatic rings. The van der Waals surface area contributed by atoms with Crippen LogP contribution in [0.5, 0.6) is 0 Å². The van der Waals surface area contributed by atoms with Crippen LogP contribution in [0.1, 0.15) is 18.5 Å². The van der Waals surface area contributed by atoms with Crippen molar-refractivity contribution in [2.75, 3.05) is 6.61 Å². The summed E-state index contributed by atoms with van der Waals surface area (Å²) >= 11 is 0. The normalized spacial score (nSPS) is 11.0. The van der Waals surface area contributed by atoms with Crippen molar-refractivity contribution in [3.63, 3.8) is 0 Å². The first-order chi connectivity index (χ1) is 10.9. The molecule has 0 N–H and O–H groups in total. The molecule has 122 valence electrons. The number of aryl methyl sites for hydroxylation is 1. The Kier molecular flexibility index (Phi) is 4.69. The van der Waals surface area contributed by atoms with Gasteiger partial charge in [0.25, 0.3) is 0 Å². The Morgan fingerprint density at radius 3 is 2.91 bits per heavy atom. The third-order valence-electron chi connectivity index (χ3n) is 2.65. The van der Waals surface area contributed by atoms with Gasteiger partial charge in [-0.2, -0.15) is 14.9 Å². The summed E-state index contributed by atoms with van der Waals surface area (Å²) in [6.45, 7) is 3.04. The lowest BCUT2D eigenvalue weighted by Gasteiger charge is -1.99. The van der Waals surface area contributed by atoms with E-state index < -0.39 is 22.5 Å². The van der Waals surface area contributed by atoms with Gasteiger partial charge in [0.15, 0.2) is 11.6 Å². The molecule has 0 saturated heterocycles. The Balaban J connectivity index is 2.21. The largest absolute Gasteiger partial charge is 0.465 e. The summed E-state index contributed by atoms with van der Waals surface area (Å²) in [7, 11) is 0. The van der Waals surface area contributed by atoms with Crippen LogP contribution >= 0.6 is 0 Å². The smallest absolute Gasteiger partial charge is 0.433 e. The molecule has 2 aromatic heterocycles. The molecule has 11 nitrogen and oxygen atoms in total. The molecule has 0 bridgehead atoms. The second-order valence-corrected chi connectivity index (χ2v) is 4.28. The number of aromatic nitrogens is 3. The van der Waals surface area contributed by atoms with Gasteiger partial charge >= 0.3 is 17.5 Å². The monoisotopic (exact) mass is 323 g/mol. The zero-order valence-corrected chi connectivity index (χ0v) is 12.3. The fourth-order valence-electron chi connectivity index (χ4n) is 1.70. The summed E-state index contributed by atoms with van der Waals surface area (Å²) in [4.78, 5) is 33.3. The average Bonchev–Trinajstić information content (AvgIpc) is 3.04. The molecule has 2 heterocycles. The Morgan fingerprint density at radius 2 is 2.30 bits per heavy atom. The highest BCUT2D eigenvalue weighted by Gasteiger charge is 2.14. The number of ether oxygens (including phenoxy) is 1. The maximum atomic E-state index is 12.1. The lowest BCUT2D eigenvalue weighted by atomic mass is 10.5. The lowest BCUT2D eigenvalue weighted by molar-refractivity contribution is -0.402. The summed E-state index contributed by atoms with van der Waals surface area (Å²) in [6.07, 6.45) is 1.14. The van der Waals surface area contributed by atoms with E-state index in [1.165, 1.54) is 19.1 Å². The van der Waals surface area contributed by atoms with E-state index in [0.29, 0.717) is 0 Å². The van der Waals surface area contributed by atoms with Crippen molar-refractivity contribution in [1.82, 2.24) is 14.5 Å². The van der Waals surface area contributed by atoms with Gasteiger partial charge in [-0.15, -0.1) is 0 Å². The zero-order chi connectivity index (χ0) is 17.0. The predicted molar refractivity (Wildman–Crippen MR) is 76.2 cm³/mol. The SMILES string of the molecule is CCOC(=O)Cn1nc(C)n(/N=C/c2ccc([N+](=O)[O-])o2)c1=O. The van der Waals surface area contributed by atoms with Crippen molar-refractivity contribution in [3.8, 4) is 0 Å². The molecule has 0 unspecified atom stereocenters. The second kappa shape index (κ2) is 6.68. The van der Waals surface area contributed by atoms with E-state index in [2.05, 4.69) is 10.2 Å². The zero-order valence-electron chi connectivity index (χ0n) is 12.3. The number of carbonyl (C=O) groups excluding carboxylic acids is 1. The first kappa shape index (κ1) is 16.1. The van der Waals surface area contributed by atoms with Gasteiger partial charge in [-0.1, -0.05) is 0 Å². The van der Waals surface area contributed by atoms with Gasteiger partial charge in [-0.05, 0) is 19.9 Å². The molecule has 0 saturated carbocycles. The molecule has 0 aromatic carbocycles. The summed E-state index contributed by atoms with van der Waals surface area (Å²) in [5.41, 5.74) is -0.646. The third kappa shape index (κ3) is 3.70. The minimum absolute atomic E-state index is 0.0983. The molecule has 0 spiro atoms. The summed E-state index contributed by atoms with van der Waals surface area (Å²) in [6, 6.07) is 2.51. The molecule has 2 aromatic rings. The van der Waals surface area contributed by atoms with Gasteiger partial charge in [-0.3, -0.25) is 14.9 Å². The number of esters is 1. The number of nitrogens with zero attached hydrogens (tertiary/aromatic N) is 5. The summed E-state index contributed by atoms with van der Waals surface area (Å²) < 4.78 is 11.5. The van der Waals surface area contributed by atoms with Gasteiger partial charge in [0.2, 0.25) is 0 Å². The molecule has 0 aliphatic heterocycles. The Morgan fingerprint density at radius 1 is 1.57 bits per heavy atom. The third-order valence-corrected chi connectivity index (χ3v) is 2.65. The molecule has 0 atom stereocenters. The second-order valence-electron chi connectivity index (χ2n) is 4.28. The van der Waals surface area contributed by atoms with Gasteiger partial charge in [0.1, 0.15) is 11.5 Å². The highest BCUT2D eigenvalue weighted by molar-refractivity contribution is 5.76. The van der Waals surface area contributed by atoms with Crippen molar-refractivity contribution in [2.45, 2.75) is 20.4 Å². The van der Waals surface area contributed by atoms with Crippen molar-refractivity contribution in [1.29, 1.82) is 0 Å².